The Morgan fingerprint density at radius 2 is 1.88 bits per heavy atom. The van der Waals surface area contributed by atoms with E-state index in [1.54, 1.807) is 66.1 Å². The van der Waals surface area contributed by atoms with Crippen molar-refractivity contribution in [3.8, 4) is 11.5 Å². The van der Waals surface area contributed by atoms with Crippen LogP contribution in [0.15, 0.2) is 43.1 Å². The minimum absolute atomic E-state index is 0.00239. The number of hydrogen-bond donors (Lipinski definition) is 3. The van der Waals surface area contributed by atoms with Gasteiger partial charge in [-0.05, 0) is 57.7 Å². The molecule has 266 valence electrons. The number of quaternary nitrogens is 1. The zero-order valence-electron chi connectivity index (χ0n) is 28.7. The van der Waals surface area contributed by atoms with Crippen molar-refractivity contribution in [3.05, 3.63) is 43.1 Å². The third kappa shape index (κ3) is 7.99. The predicted octanol–water partition coefficient (Wildman–Crippen LogP) is 1.78. The van der Waals surface area contributed by atoms with Gasteiger partial charge >= 0.3 is 12.0 Å². The normalized spacial score (nSPS) is 24.2. The number of carbonyl (C=O) groups is 4. The summed E-state index contributed by atoms with van der Waals surface area (Å²) in [4.78, 5) is 60.4. The first-order valence-electron chi connectivity index (χ1n) is 16.5. The van der Waals surface area contributed by atoms with Crippen LogP contribution in [0.2, 0.25) is 0 Å². The number of methoxy groups -OCH3 is 1. The molecule has 2 aliphatic carbocycles. The van der Waals surface area contributed by atoms with Crippen LogP contribution in [0, 0.1) is 11.8 Å². The molecule has 3 fully saturated rings. The number of rotatable bonds is 12. The van der Waals surface area contributed by atoms with E-state index in [0.717, 1.165) is 0 Å². The Balaban J connectivity index is 1.42. The largest absolute Gasteiger partial charge is 0.497 e. The molecule has 1 aromatic heterocycles. The lowest BCUT2D eigenvalue weighted by Crippen LogP contribution is -3.00. The third-order valence-electron chi connectivity index (χ3n) is 9.05. The Labute approximate surface area is 286 Å². The SMILES string of the molecule is C=CC1CC1([NH2+]C(=O)C1CC(Oc2ccnc3cc(OC)ccc23)CN1C(=O)C(NC(=O)OC(C)(C)C)C(C)C)C(=O)NS(=O)(=O)C1CC1. The maximum Gasteiger partial charge on any atom is 0.408 e. The number of nitrogens with zero attached hydrogens (tertiary/aromatic N) is 2. The van der Waals surface area contributed by atoms with E-state index in [2.05, 4.69) is 21.6 Å². The maximum absolute atomic E-state index is 14.2. The minimum atomic E-state index is -3.87. The summed E-state index contributed by atoms with van der Waals surface area (Å²) in [6.45, 7) is 12.4. The van der Waals surface area contributed by atoms with Gasteiger partial charge in [-0.15, -0.1) is 6.58 Å². The van der Waals surface area contributed by atoms with Crippen molar-refractivity contribution in [3.63, 3.8) is 0 Å². The number of sulfonamides is 1. The van der Waals surface area contributed by atoms with Gasteiger partial charge in [0.1, 0.15) is 29.2 Å². The van der Waals surface area contributed by atoms with E-state index < -0.39 is 74.3 Å². The Bertz CT molecular complexity index is 1750. The van der Waals surface area contributed by atoms with Crippen LogP contribution < -0.4 is 24.8 Å². The zero-order chi connectivity index (χ0) is 35.9. The number of benzene rings is 1. The van der Waals surface area contributed by atoms with Crippen molar-refractivity contribution >= 4 is 44.7 Å². The van der Waals surface area contributed by atoms with Crippen LogP contribution in [0.3, 0.4) is 0 Å². The van der Waals surface area contributed by atoms with Crippen molar-refractivity contribution in [2.24, 2.45) is 11.8 Å². The van der Waals surface area contributed by atoms with E-state index in [1.165, 1.54) is 16.3 Å². The molecule has 2 saturated carbocycles. The van der Waals surface area contributed by atoms with Crippen molar-refractivity contribution in [1.82, 2.24) is 19.9 Å². The molecule has 2 aromatic rings. The molecule has 4 N–H and O–H groups in total. The van der Waals surface area contributed by atoms with Crippen LogP contribution in [0.25, 0.3) is 10.9 Å². The zero-order valence-corrected chi connectivity index (χ0v) is 29.5. The monoisotopic (exact) mass is 700 g/mol. The van der Waals surface area contributed by atoms with Crippen LogP contribution in [-0.2, 0) is 29.1 Å². The number of nitrogens with two attached hydrogens (primary N) is 1. The maximum atomic E-state index is 14.2. The smallest absolute Gasteiger partial charge is 0.408 e. The first-order chi connectivity index (χ1) is 23.0. The van der Waals surface area contributed by atoms with Gasteiger partial charge in [0.15, 0.2) is 11.6 Å². The second-order valence-electron chi connectivity index (χ2n) is 14.4. The summed E-state index contributed by atoms with van der Waals surface area (Å²) < 4.78 is 44.6. The molecule has 5 unspecified atom stereocenters. The molecule has 14 nitrogen and oxygen atoms in total. The number of alkyl carbamates (subject to hydrolysis) is 1. The van der Waals surface area contributed by atoms with Crippen molar-refractivity contribution in [1.29, 1.82) is 0 Å². The van der Waals surface area contributed by atoms with E-state index in [4.69, 9.17) is 14.2 Å². The molecule has 5 atom stereocenters. The number of nitrogens with one attached hydrogen (secondary N) is 2. The number of ether oxygens (including phenoxy) is 3. The second-order valence-corrected chi connectivity index (χ2v) is 16.3. The van der Waals surface area contributed by atoms with E-state index in [1.807, 2.05) is 6.07 Å². The van der Waals surface area contributed by atoms with Crippen molar-refractivity contribution < 1.29 is 47.1 Å². The molecule has 3 aliphatic rings. The predicted molar refractivity (Wildman–Crippen MR) is 179 cm³/mol. The molecule has 5 rings (SSSR count). The lowest BCUT2D eigenvalue weighted by Gasteiger charge is -2.30. The number of primary amides is 1. The number of amides is 4. The first-order valence-corrected chi connectivity index (χ1v) is 18.0. The summed E-state index contributed by atoms with van der Waals surface area (Å²) in [5, 5.41) is 3.99. The van der Waals surface area contributed by atoms with Crippen LogP contribution in [-0.4, -0.2) is 90.3 Å². The van der Waals surface area contributed by atoms with Crippen LogP contribution in [0.5, 0.6) is 11.5 Å². The lowest BCUT2D eigenvalue weighted by molar-refractivity contribution is -0.610. The van der Waals surface area contributed by atoms with Gasteiger partial charge in [-0.25, -0.2) is 22.7 Å². The summed E-state index contributed by atoms with van der Waals surface area (Å²) in [6, 6.07) is 4.94. The summed E-state index contributed by atoms with van der Waals surface area (Å²) in [6.07, 6.45) is 2.91. The molecular formula is C34H46N5O9S+. The highest BCUT2D eigenvalue weighted by Crippen LogP contribution is 2.42. The first kappa shape index (κ1) is 36.1. The highest BCUT2D eigenvalue weighted by Gasteiger charge is 2.66. The molecule has 0 spiro atoms. The van der Waals surface area contributed by atoms with Gasteiger partial charge in [-0.2, -0.15) is 0 Å². The number of carbonyl (C=O) groups excluding carboxylic acids is 4. The highest BCUT2D eigenvalue weighted by atomic mass is 32.2. The van der Waals surface area contributed by atoms with Gasteiger partial charge in [0.2, 0.25) is 15.9 Å². The Hall–Kier alpha value is -4.24. The number of pyridine rings is 1. The Morgan fingerprint density at radius 3 is 2.47 bits per heavy atom. The molecule has 15 heteroatoms. The van der Waals surface area contributed by atoms with Crippen LogP contribution >= 0.6 is 0 Å². The fourth-order valence-electron chi connectivity index (χ4n) is 6.16. The quantitative estimate of drug-likeness (QED) is 0.276. The minimum Gasteiger partial charge on any atom is -0.497 e. The van der Waals surface area contributed by atoms with Gasteiger partial charge in [0.05, 0.1) is 24.4 Å². The fraction of sp³-hybridized carbons (Fsp3) is 0.559. The summed E-state index contributed by atoms with van der Waals surface area (Å²) >= 11 is 0. The van der Waals surface area contributed by atoms with Gasteiger partial charge in [0.25, 0.3) is 5.91 Å². The number of aromatic nitrogens is 1. The molecule has 1 saturated heterocycles. The van der Waals surface area contributed by atoms with Gasteiger partial charge in [0, 0.05) is 36.4 Å². The van der Waals surface area contributed by atoms with E-state index in [0.29, 0.717) is 35.2 Å². The average molecular weight is 701 g/mol. The fourth-order valence-corrected chi connectivity index (χ4v) is 7.53. The van der Waals surface area contributed by atoms with Crippen molar-refractivity contribution in [2.75, 3.05) is 13.7 Å². The van der Waals surface area contributed by atoms with E-state index >= 15 is 0 Å². The number of fused-ring (bicyclic) bond motifs is 1. The molecule has 4 amide bonds. The summed E-state index contributed by atoms with van der Waals surface area (Å²) in [5.41, 5.74) is -1.59. The van der Waals surface area contributed by atoms with Gasteiger partial charge in [-0.1, -0.05) is 19.9 Å². The van der Waals surface area contributed by atoms with Crippen LogP contribution in [0.1, 0.15) is 60.3 Å². The topological polar surface area (TPSA) is 187 Å². The molecular weight excluding hydrogens is 654 g/mol. The molecule has 1 aliphatic heterocycles. The average Bonchev–Trinajstić information content (AvgIpc) is 3.95. The Morgan fingerprint density at radius 1 is 1.16 bits per heavy atom. The van der Waals surface area contributed by atoms with E-state index in [9.17, 15) is 27.6 Å². The van der Waals surface area contributed by atoms with Crippen molar-refractivity contribution in [2.45, 2.75) is 94.9 Å². The lowest BCUT2D eigenvalue weighted by atomic mass is 10.0. The summed E-state index contributed by atoms with van der Waals surface area (Å²) in [7, 11) is -2.31. The third-order valence-corrected chi connectivity index (χ3v) is 10.9. The van der Waals surface area contributed by atoms with E-state index in [-0.39, 0.29) is 25.3 Å². The Kier molecular flexibility index (Phi) is 9.99. The molecule has 49 heavy (non-hydrogen) atoms. The molecule has 0 radical (unpaired) electrons. The second kappa shape index (κ2) is 13.6. The highest BCUT2D eigenvalue weighted by molar-refractivity contribution is 7.91. The molecule has 0 bridgehead atoms. The standard InChI is InChI=1S/C34H45N5O9S/c1-8-20-17-34(20,31(42)38-49(44,45)23-10-11-23)37-29(40)26-16-22(47-27-13-14-35-25-15-21(46-7)9-12-24(25)27)18-39(26)30(41)28(19(2)3)36-32(43)48-33(4,5)6/h8-9,12-15,19-20,22-23,26,28H,1,10-11,16-18H2,2-7H3,(H,36,43)(H,37,40)(H,38,42)/p+1. The number of hydrogen-bond acceptors (Lipinski definition) is 10. The molecule has 1 aromatic carbocycles. The number of likely N-dealkylation sites (tertiary alicyclic amines) is 1. The molecule has 2 heterocycles. The van der Waals surface area contributed by atoms with Gasteiger partial charge in [-0.3, -0.25) is 19.9 Å². The van der Waals surface area contributed by atoms with Crippen LogP contribution in [0.4, 0.5) is 4.79 Å². The van der Waals surface area contributed by atoms with Gasteiger partial charge < -0.3 is 24.4 Å². The summed E-state index contributed by atoms with van der Waals surface area (Å²) in [5.74, 6) is -1.57.